The fraction of sp³-hybridized carbons (Fsp3) is 0.308. The summed E-state index contributed by atoms with van der Waals surface area (Å²) in [5, 5.41) is 12.8. The molecule has 4 rings (SSSR count). The molecule has 8 heteroatoms. The lowest BCUT2D eigenvalue weighted by Gasteiger charge is -2.29. The number of nitrogens with one attached hydrogen (secondary N) is 1. The molecule has 34 heavy (non-hydrogen) atoms. The van der Waals surface area contributed by atoms with E-state index in [-0.39, 0.29) is 24.2 Å². The highest BCUT2D eigenvalue weighted by atomic mass is 16.7. The lowest BCUT2D eigenvalue weighted by molar-refractivity contribution is -0.143. The summed E-state index contributed by atoms with van der Waals surface area (Å²) in [6, 6.07) is 14.7. The molecule has 0 radical (unpaired) electrons. The molecule has 0 unspecified atom stereocenters. The number of aliphatic hydroxyl groups excluding tert-OH is 1. The first-order valence-electron chi connectivity index (χ1n) is 11.4. The van der Waals surface area contributed by atoms with Crippen molar-refractivity contribution >= 4 is 34.1 Å². The average Bonchev–Trinajstić information content (AvgIpc) is 3.23. The molecule has 0 spiro atoms. The predicted molar refractivity (Wildman–Crippen MR) is 130 cm³/mol. The number of carbonyl (C=O) groups is 2. The third kappa shape index (κ3) is 5.13. The molecule has 3 aromatic rings. The number of nitrogen functional groups attached to an aromatic ring is 1. The standard InChI is InChI=1S/C26H29N3O5/c1-17(31)29-16-20(19-8-2-5-11-23(19)29)18-14-24(34-25(15-18)33-13-7-6-12-30)26(32)28-22-10-4-3-9-21(22)27/h2-5,8-11,14,16,18,25,30H,6-7,12-13,15,27H2,1H3,(H,28,32)/t18-,25+/m1/s1. The number of amides is 1. The van der Waals surface area contributed by atoms with Gasteiger partial charge in [0.2, 0.25) is 12.2 Å². The second kappa shape index (κ2) is 10.5. The van der Waals surface area contributed by atoms with Crippen molar-refractivity contribution in [1.29, 1.82) is 0 Å². The van der Waals surface area contributed by atoms with Gasteiger partial charge in [0.25, 0.3) is 5.91 Å². The van der Waals surface area contributed by atoms with Crippen LogP contribution in [0, 0.1) is 0 Å². The number of unbranched alkanes of at least 4 members (excludes halogenated alkanes) is 1. The Hall–Kier alpha value is -3.62. The van der Waals surface area contributed by atoms with Crippen molar-refractivity contribution < 1.29 is 24.2 Å². The molecule has 0 saturated carbocycles. The topological polar surface area (TPSA) is 116 Å². The number of rotatable bonds is 8. The third-order valence-electron chi connectivity index (χ3n) is 5.83. The van der Waals surface area contributed by atoms with Gasteiger partial charge in [-0.3, -0.25) is 14.2 Å². The van der Waals surface area contributed by atoms with Crippen molar-refractivity contribution in [2.75, 3.05) is 24.3 Å². The number of nitrogens with two attached hydrogens (primary N) is 1. The number of benzene rings is 2. The average molecular weight is 464 g/mol. The SMILES string of the molecule is CC(=O)n1cc([C@@H]2C=C(C(=O)Nc3ccccc3N)O[C@H](OCCCCO)C2)c2ccccc21. The zero-order valence-electron chi connectivity index (χ0n) is 19.1. The van der Waals surface area contributed by atoms with E-state index in [1.807, 2.05) is 30.5 Å². The van der Waals surface area contributed by atoms with E-state index in [2.05, 4.69) is 5.32 Å². The molecule has 1 amide bonds. The molecule has 0 aliphatic carbocycles. The number of carbonyl (C=O) groups excluding carboxylic acids is 2. The Morgan fingerprint density at radius 3 is 2.71 bits per heavy atom. The van der Waals surface area contributed by atoms with E-state index >= 15 is 0 Å². The first-order chi connectivity index (χ1) is 16.5. The van der Waals surface area contributed by atoms with Crippen LogP contribution in [0.4, 0.5) is 11.4 Å². The molecule has 2 heterocycles. The monoisotopic (exact) mass is 463 g/mol. The minimum absolute atomic E-state index is 0.0900. The Morgan fingerprint density at radius 2 is 1.94 bits per heavy atom. The maximum Gasteiger partial charge on any atom is 0.290 e. The molecule has 1 aliphatic rings. The molecule has 178 valence electrons. The molecule has 1 aliphatic heterocycles. The summed E-state index contributed by atoms with van der Waals surface area (Å²) in [7, 11) is 0. The van der Waals surface area contributed by atoms with E-state index in [0.717, 1.165) is 16.5 Å². The number of ether oxygens (including phenoxy) is 2. The summed E-state index contributed by atoms with van der Waals surface area (Å²) in [6.07, 6.45) is 4.73. The van der Waals surface area contributed by atoms with Crippen LogP contribution < -0.4 is 11.1 Å². The zero-order chi connectivity index (χ0) is 24.1. The number of nitrogens with zero attached hydrogens (tertiary/aromatic N) is 1. The van der Waals surface area contributed by atoms with E-state index in [4.69, 9.17) is 20.3 Å². The molecule has 2 aromatic carbocycles. The Morgan fingerprint density at radius 1 is 1.18 bits per heavy atom. The van der Waals surface area contributed by atoms with Crippen LogP contribution in [0.1, 0.15) is 42.5 Å². The molecule has 1 aromatic heterocycles. The number of hydrogen-bond acceptors (Lipinski definition) is 6. The number of hydrogen-bond donors (Lipinski definition) is 3. The van der Waals surface area contributed by atoms with Gasteiger partial charge in [0, 0.05) is 37.5 Å². The summed E-state index contributed by atoms with van der Waals surface area (Å²) in [5.41, 5.74) is 8.65. The first kappa shape index (κ1) is 23.5. The highest BCUT2D eigenvalue weighted by molar-refractivity contribution is 6.04. The Bertz CT molecular complexity index is 1220. The number of fused-ring (bicyclic) bond motifs is 1. The smallest absolute Gasteiger partial charge is 0.290 e. The molecule has 0 bridgehead atoms. The molecule has 4 N–H and O–H groups in total. The van der Waals surface area contributed by atoms with Gasteiger partial charge < -0.3 is 25.6 Å². The van der Waals surface area contributed by atoms with Gasteiger partial charge in [0.1, 0.15) is 0 Å². The predicted octanol–water partition coefficient (Wildman–Crippen LogP) is 4.03. The molecular formula is C26H29N3O5. The minimum Gasteiger partial charge on any atom is -0.459 e. The van der Waals surface area contributed by atoms with Crippen LogP contribution in [-0.2, 0) is 14.3 Å². The van der Waals surface area contributed by atoms with E-state index < -0.39 is 12.2 Å². The summed E-state index contributed by atoms with van der Waals surface area (Å²) < 4.78 is 13.4. The number of allylic oxidation sites excluding steroid dienone is 1. The fourth-order valence-electron chi connectivity index (χ4n) is 4.12. The summed E-state index contributed by atoms with van der Waals surface area (Å²) in [6.45, 7) is 2.01. The first-order valence-corrected chi connectivity index (χ1v) is 11.4. The van der Waals surface area contributed by atoms with Crippen molar-refractivity contribution in [3.8, 4) is 0 Å². The van der Waals surface area contributed by atoms with Crippen LogP contribution in [0.25, 0.3) is 10.9 Å². The van der Waals surface area contributed by atoms with Crippen LogP contribution in [0.2, 0.25) is 0 Å². The lowest BCUT2D eigenvalue weighted by Crippen LogP contribution is -2.29. The molecule has 2 atom stereocenters. The molecule has 8 nitrogen and oxygen atoms in total. The summed E-state index contributed by atoms with van der Waals surface area (Å²) in [4.78, 5) is 25.3. The second-order valence-electron chi connectivity index (χ2n) is 8.25. The Labute approximate surface area is 198 Å². The van der Waals surface area contributed by atoms with Crippen molar-refractivity contribution in [2.24, 2.45) is 0 Å². The van der Waals surface area contributed by atoms with Crippen LogP contribution >= 0.6 is 0 Å². The third-order valence-corrected chi connectivity index (χ3v) is 5.83. The van der Waals surface area contributed by atoms with Gasteiger partial charge in [-0.25, -0.2) is 0 Å². The van der Waals surface area contributed by atoms with Crippen molar-refractivity contribution in [1.82, 2.24) is 4.57 Å². The van der Waals surface area contributed by atoms with Gasteiger partial charge in [-0.15, -0.1) is 0 Å². The Kier molecular flexibility index (Phi) is 7.30. The zero-order valence-corrected chi connectivity index (χ0v) is 19.1. The highest BCUT2D eigenvalue weighted by Gasteiger charge is 2.31. The van der Waals surface area contributed by atoms with E-state index in [1.165, 1.54) is 6.92 Å². The quantitative estimate of drug-likeness (QED) is 0.343. The summed E-state index contributed by atoms with van der Waals surface area (Å²) in [5.74, 6) is -0.600. The van der Waals surface area contributed by atoms with Gasteiger partial charge in [-0.1, -0.05) is 30.3 Å². The maximum absolute atomic E-state index is 13.1. The maximum atomic E-state index is 13.1. The molecular weight excluding hydrogens is 434 g/mol. The van der Waals surface area contributed by atoms with Gasteiger partial charge in [0.15, 0.2) is 5.76 Å². The van der Waals surface area contributed by atoms with Crippen molar-refractivity contribution in [3.63, 3.8) is 0 Å². The van der Waals surface area contributed by atoms with Crippen molar-refractivity contribution in [2.45, 2.75) is 38.4 Å². The van der Waals surface area contributed by atoms with E-state index in [0.29, 0.717) is 37.2 Å². The van der Waals surface area contributed by atoms with Gasteiger partial charge in [-0.2, -0.15) is 0 Å². The molecule has 0 fully saturated rings. The van der Waals surface area contributed by atoms with Crippen LogP contribution in [0.5, 0.6) is 0 Å². The normalized spacial score (nSPS) is 17.8. The lowest BCUT2D eigenvalue weighted by atomic mass is 9.92. The highest BCUT2D eigenvalue weighted by Crippen LogP contribution is 2.37. The number of anilines is 2. The van der Waals surface area contributed by atoms with E-state index in [9.17, 15) is 9.59 Å². The number of para-hydroxylation sites is 3. The Balaban J connectivity index is 1.66. The van der Waals surface area contributed by atoms with E-state index in [1.54, 1.807) is 34.9 Å². The minimum atomic E-state index is -0.651. The fourth-order valence-corrected chi connectivity index (χ4v) is 4.12. The number of aromatic nitrogens is 1. The largest absolute Gasteiger partial charge is 0.459 e. The van der Waals surface area contributed by atoms with Crippen LogP contribution in [-0.4, -0.2) is 41.0 Å². The van der Waals surface area contributed by atoms with Crippen LogP contribution in [0.15, 0.2) is 66.6 Å². The van der Waals surface area contributed by atoms with Gasteiger partial charge >= 0.3 is 0 Å². The summed E-state index contributed by atoms with van der Waals surface area (Å²) >= 11 is 0. The van der Waals surface area contributed by atoms with Gasteiger partial charge in [0.05, 0.1) is 23.5 Å². The second-order valence-corrected chi connectivity index (χ2v) is 8.25. The van der Waals surface area contributed by atoms with Crippen molar-refractivity contribution in [3.05, 3.63) is 72.1 Å². The van der Waals surface area contributed by atoms with Crippen LogP contribution in [0.3, 0.4) is 0 Å². The van der Waals surface area contributed by atoms with Gasteiger partial charge in [-0.05, 0) is 42.7 Å². The number of aliphatic hydroxyl groups is 1. The molecule has 0 saturated heterocycles.